The summed E-state index contributed by atoms with van der Waals surface area (Å²) in [6.45, 7) is 2.62. The van der Waals surface area contributed by atoms with Crippen molar-refractivity contribution in [2.24, 2.45) is 5.10 Å². The first-order valence-corrected chi connectivity index (χ1v) is 12.0. The molecule has 0 heterocycles. The highest BCUT2D eigenvalue weighted by molar-refractivity contribution is 9.10. The highest BCUT2D eigenvalue weighted by atomic mass is 79.9. The minimum absolute atomic E-state index is 0.0955. The van der Waals surface area contributed by atoms with Crippen molar-refractivity contribution in [3.63, 3.8) is 0 Å². The quantitative estimate of drug-likeness (QED) is 0.121. The Hall–Kier alpha value is -4.17. The van der Waals surface area contributed by atoms with E-state index in [2.05, 4.69) is 26.5 Å². The van der Waals surface area contributed by atoms with E-state index in [4.69, 9.17) is 9.47 Å². The predicted molar refractivity (Wildman–Crippen MR) is 142 cm³/mol. The zero-order valence-corrected chi connectivity index (χ0v) is 21.0. The fraction of sp³-hybridized carbons (Fsp3) is 0.107. The van der Waals surface area contributed by atoms with E-state index >= 15 is 0 Å². The molecular weight excluding hydrogens is 524 g/mol. The summed E-state index contributed by atoms with van der Waals surface area (Å²) < 4.78 is 11.8. The lowest BCUT2D eigenvalue weighted by molar-refractivity contribution is 0.0734. The second-order valence-electron chi connectivity index (χ2n) is 7.86. The molecule has 0 aliphatic rings. The predicted octanol–water partition coefficient (Wildman–Crippen LogP) is 6.08. The number of amides is 1. The van der Waals surface area contributed by atoms with Crippen molar-refractivity contribution >= 4 is 44.8 Å². The number of nitrogens with zero attached hydrogens (tertiary/aromatic N) is 1. The molecule has 0 atom stereocenters. The monoisotopic (exact) mass is 546 g/mol. The van der Waals surface area contributed by atoms with Gasteiger partial charge >= 0.3 is 5.97 Å². The number of phenols is 1. The van der Waals surface area contributed by atoms with Gasteiger partial charge in [0.1, 0.15) is 17.2 Å². The maximum Gasteiger partial charge on any atom is 0.343 e. The summed E-state index contributed by atoms with van der Waals surface area (Å²) in [4.78, 5) is 25.3. The van der Waals surface area contributed by atoms with E-state index in [0.29, 0.717) is 23.5 Å². The highest BCUT2D eigenvalue weighted by Gasteiger charge is 2.14. The van der Waals surface area contributed by atoms with Gasteiger partial charge in [0.15, 0.2) is 0 Å². The Morgan fingerprint density at radius 1 is 1.00 bits per heavy atom. The number of phenolic OH excluding ortho intramolecular Hbond substituents is 1. The second kappa shape index (κ2) is 11.5. The number of hydrazone groups is 1. The Labute approximate surface area is 216 Å². The first kappa shape index (κ1) is 24.9. The average Bonchev–Trinajstić information content (AvgIpc) is 2.88. The van der Waals surface area contributed by atoms with Crippen LogP contribution in [0.4, 0.5) is 0 Å². The number of ether oxygens (including phenoxy) is 2. The molecule has 182 valence electrons. The number of hydrogen-bond donors (Lipinski definition) is 2. The number of aromatic hydroxyl groups is 1. The molecule has 4 aromatic rings. The molecule has 0 saturated carbocycles. The number of fused-ring (bicyclic) bond motifs is 1. The summed E-state index contributed by atoms with van der Waals surface area (Å²) in [5.74, 6) is -0.323. The average molecular weight is 547 g/mol. The van der Waals surface area contributed by atoms with Gasteiger partial charge in [-0.25, -0.2) is 10.2 Å². The van der Waals surface area contributed by atoms with Crippen molar-refractivity contribution in [1.82, 2.24) is 5.43 Å². The Morgan fingerprint density at radius 2 is 1.72 bits per heavy atom. The SMILES string of the molecule is CCCOc1ccc(C(=O)Oc2ccc(Br)cc2/C=N/NC(=O)c2cc3ccccc3cc2O)cc1. The van der Waals surface area contributed by atoms with Crippen molar-refractivity contribution in [2.75, 3.05) is 6.61 Å². The number of rotatable bonds is 8. The van der Waals surface area contributed by atoms with Gasteiger partial charge < -0.3 is 14.6 Å². The van der Waals surface area contributed by atoms with E-state index in [-0.39, 0.29) is 17.1 Å². The Kier molecular flexibility index (Phi) is 7.97. The lowest BCUT2D eigenvalue weighted by Gasteiger charge is -2.09. The summed E-state index contributed by atoms with van der Waals surface area (Å²) in [5.41, 5.74) is 3.33. The van der Waals surface area contributed by atoms with Crippen molar-refractivity contribution in [3.05, 3.63) is 100 Å². The van der Waals surface area contributed by atoms with Gasteiger partial charge in [-0.3, -0.25) is 4.79 Å². The molecule has 8 heteroatoms. The van der Waals surface area contributed by atoms with E-state index < -0.39 is 11.9 Å². The van der Waals surface area contributed by atoms with Crippen LogP contribution in [0.3, 0.4) is 0 Å². The third kappa shape index (κ3) is 6.09. The molecule has 7 nitrogen and oxygen atoms in total. The lowest BCUT2D eigenvalue weighted by atomic mass is 10.1. The van der Waals surface area contributed by atoms with E-state index in [1.54, 1.807) is 48.5 Å². The van der Waals surface area contributed by atoms with Crippen molar-refractivity contribution in [2.45, 2.75) is 13.3 Å². The summed E-state index contributed by atoms with van der Waals surface area (Å²) in [7, 11) is 0. The number of hydrogen-bond acceptors (Lipinski definition) is 6. The third-order valence-corrected chi connectivity index (χ3v) is 5.71. The molecule has 0 saturated heterocycles. The molecule has 0 spiro atoms. The van der Waals surface area contributed by atoms with Gasteiger partial charge in [-0.15, -0.1) is 0 Å². The molecule has 0 aliphatic heterocycles. The Bertz CT molecular complexity index is 1430. The largest absolute Gasteiger partial charge is 0.507 e. The van der Waals surface area contributed by atoms with Gasteiger partial charge in [0.05, 0.1) is 23.9 Å². The molecule has 0 radical (unpaired) electrons. The zero-order chi connectivity index (χ0) is 25.5. The van der Waals surface area contributed by atoms with E-state index in [0.717, 1.165) is 21.7 Å². The van der Waals surface area contributed by atoms with Crippen molar-refractivity contribution < 1.29 is 24.2 Å². The van der Waals surface area contributed by atoms with Gasteiger partial charge in [-0.2, -0.15) is 5.10 Å². The number of esters is 1. The van der Waals surface area contributed by atoms with Crippen LogP contribution in [0.15, 0.2) is 88.4 Å². The Morgan fingerprint density at radius 3 is 2.44 bits per heavy atom. The van der Waals surface area contributed by atoms with E-state index in [1.165, 1.54) is 12.3 Å². The number of carbonyl (C=O) groups excluding carboxylic acids is 2. The van der Waals surface area contributed by atoms with Crippen molar-refractivity contribution in [1.29, 1.82) is 0 Å². The third-order valence-electron chi connectivity index (χ3n) is 5.22. The summed E-state index contributed by atoms with van der Waals surface area (Å²) in [5, 5.41) is 15.9. The fourth-order valence-electron chi connectivity index (χ4n) is 3.41. The van der Waals surface area contributed by atoms with Crippen LogP contribution in [0.25, 0.3) is 10.8 Å². The van der Waals surface area contributed by atoms with Crippen LogP contribution in [0.5, 0.6) is 17.2 Å². The van der Waals surface area contributed by atoms with Gasteiger partial charge in [-0.1, -0.05) is 47.1 Å². The van der Waals surface area contributed by atoms with Crippen LogP contribution in [0, 0.1) is 0 Å². The number of carbonyl (C=O) groups is 2. The van der Waals surface area contributed by atoms with Crippen LogP contribution in [0.2, 0.25) is 0 Å². The lowest BCUT2D eigenvalue weighted by Crippen LogP contribution is -2.18. The normalized spacial score (nSPS) is 10.9. The number of benzene rings is 4. The first-order valence-electron chi connectivity index (χ1n) is 11.2. The molecule has 0 aliphatic carbocycles. The van der Waals surface area contributed by atoms with Crippen LogP contribution < -0.4 is 14.9 Å². The van der Waals surface area contributed by atoms with Gasteiger partial charge in [-0.05, 0) is 71.8 Å². The van der Waals surface area contributed by atoms with Crippen LogP contribution in [-0.4, -0.2) is 29.8 Å². The van der Waals surface area contributed by atoms with Crippen molar-refractivity contribution in [3.8, 4) is 17.2 Å². The van der Waals surface area contributed by atoms with Crippen LogP contribution in [-0.2, 0) is 0 Å². The maximum atomic E-state index is 12.7. The number of nitrogens with one attached hydrogen (secondary N) is 1. The van der Waals surface area contributed by atoms with Crippen LogP contribution >= 0.6 is 15.9 Å². The van der Waals surface area contributed by atoms with E-state index in [9.17, 15) is 14.7 Å². The topological polar surface area (TPSA) is 97.2 Å². The second-order valence-corrected chi connectivity index (χ2v) is 8.78. The van der Waals surface area contributed by atoms with E-state index in [1.807, 2.05) is 31.2 Å². The Balaban J connectivity index is 1.47. The standard InChI is InChI=1S/C28H23BrN2O5/c1-2-13-35-23-10-7-18(8-11-23)28(34)36-26-12-9-22(29)14-21(26)17-30-31-27(33)24-15-19-5-3-4-6-20(19)16-25(24)32/h3-12,14-17,32H,2,13H2,1H3,(H,31,33)/b30-17+. The highest BCUT2D eigenvalue weighted by Crippen LogP contribution is 2.26. The summed E-state index contributed by atoms with van der Waals surface area (Å²) in [6.07, 6.45) is 2.26. The van der Waals surface area contributed by atoms with Gasteiger partial charge in [0.2, 0.25) is 0 Å². The minimum Gasteiger partial charge on any atom is -0.507 e. The molecule has 4 aromatic carbocycles. The molecule has 4 rings (SSSR count). The minimum atomic E-state index is -0.576. The summed E-state index contributed by atoms with van der Waals surface area (Å²) >= 11 is 3.39. The molecule has 0 aromatic heterocycles. The molecule has 0 unspecified atom stereocenters. The number of halogens is 1. The molecule has 1 amide bonds. The molecule has 2 N–H and O–H groups in total. The first-order chi connectivity index (χ1) is 17.4. The summed E-state index contributed by atoms with van der Waals surface area (Å²) in [6, 6.07) is 22.3. The molecule has 0 fully saturated rings. The van der Waals surface area contributed by atoms with Gasteiger partial charge in [0, 0.05) is 10.0 Å². The smallest absolute Gasteiger partial charge is 0.343 e. The molecule has 36 heavy (non-hydrogen) atoms. The zero-order valence-electron chi connectivity index (χ0n) is 19.4. The fourth-order valence-corrected chi connectivity index (χ4v) is 3.79. The van der Waals surface area contributed by atoms with Gasteiger partial charge in [0.25, 0.3) is 5.91 Å². The molecular formula is C28H23BrN2O5. The molecule has 0 bridgehead atoms. The van der Waals surface area contributed by atoms with Crippen LogP contribution in [0.1, 0.15) is 39.6 Å². The maximum absolute atomic E-state index is 12.7.